The van der Waals surface area contributed by atoms with Gasteiger partial charge in [-0.25, -0.2) is 0 Å². The summed E-state index contributed by atoms with van der Waals surface area (Å²) in [5.74, 6) is -0.216. The Morgan fingerprint density at radius 3 is 3.17 bits per heavy atom. The smallest absolute Gasteiger partial charge is 0.307 e. The molecule has 0 saturated heterocycles. The Labute approximate surface area is 104 Å². The summed E-state index contributed by atoms with van der Waals surface area (Å²) in [5, 5.41) is 10.9. The molecule has 0 bridgehead atoms. The summed E-state index contributed by atoms with van der Waals surface area (Å²) < 4.78 is 4.84. The second-order valence-corrected chi connectivity index (χ2v) is 3.88. The molecule has 0 aliphatic carbocycles. The molecule has 4 N–H and O–H groups in total. The van der Waals surface area contributed by atoms with Crippen LogP contribution in [0.25, 0.3) is 10.9 Å². The lowest BCUT2D eigenvalue weighted by Gasteiger charge is -2.09. The number of benzene rings is 1. The van der Waals surface area contributed by atoms with Gasteiger partial charge in [0.05, 0.1) is 36.1 Å². The predicted molar refractivity (Wildman–Crippen MR) is 70.2 cm³/mol. The van der Waals surface area contributed by atoms with Crippen LogP contribution in [0, 0.1) is 0 Å². The van der Waals surface area contributed by atoms with Gasteiger partial charge in [0, 0.05) is 11.9 Å². The van der Waals surface area contributed by atoms with E-state index in [9.17, 15) is 4.79 Å². The van der Waals surface area contributed by atoms with E-state index >= 15 is 0 Å². The van der Waals surface area contributed by atoms with E-state index in [1.54, 1.807) is 13.1 Å². The van der Waals surface area contributed by atoms with Gasteiger partial charge in [-0.1, -0.05) is 0 Å². The Balaban J connectivity index is 1.98. The number of nitrogens with zero attached hydrogens (tertiary/aromatic N) is 1. The molecule has 18 heavy (non-hydrogen) atoms. The molecule has 6 heteroatoms. The van der Waals surface area contributed by atoms with Gasteiger partial charge in [0.25, 0.3) is 0 Å². The van der Waals surface area contributed by atoms with E-state index in [2.05, 4.69) is 15.5 Å². The molecule has 96 valence electrons. The van der Waals surface area contributed by atoms with Gasteiger partial charge < -0.3 is 15.8 Å². The number of rotatable bonds is 5. The molecule has 1 aromatic carbocycles. The second kappa shape index (κ2) is 5.39. The number of nitrogens with two attached hydrogens (primary N) is 1. The molecular weight excluding hydrogens is 232 g/mol. The van der Waals surface area contributed by atoms with E-state index in [1.807, 2.05) is 12.1 Å². The van der Waals surface area contributed by atoms with Gasteiger partial charge in [-0.15, -0.1) is 0 Å². The number of aromatic nitrogens is 2. The van der Waals surface area contributed by atoms with Gasteiger partial charge >= 0.3 is 5.97 Å². The molecule has 0 radical (unpaired) electrons. The molecule has 0 atom stereocenters. The number of carbonyl (C=O) groups excluding carboxylic acids is 1. The highest BCUT2D eigenvalue weighted by Gasteiger charge is 2.05. The van der Waals surface area contributed by atoms with Gasteiger partial charge in [-0.3, -0.25) is 9.89 Å². The lowest BCUT2D eigenvalue weighted by atomic mass is 10.2. The molecule has 1 aromatic heterocycles. The summed E-state index contributed by atoms with van der Waals surface area (Å²) in [7, 11) is 0. The number of esters is 1. The molecular formula is C12H16N4O2. The quantitative estimate of drug-likeness (QED) is 0.551. The van der Waals surface area contributed by atoms with Crippen molar-refractivity contribution in [1.29, 1.82) is 0 Å². The Morgan fingerprint density at radius 2 is 2.39 bits per heavy atom. The molecule has 0 saturated carbocycles. The topological polar surface area (TPSA) is 93.0 Å². The SMILES string of the molecule is CCOC(=O)CCNc1cc2[nH]ncc2cc1N. The number of nitrogen functional groups attached to an aromatic ring is 1. The highest BCUT2D eigenvalue weighted by Crippen LogP contribution is 2.24. The van der Waals surface area contributed by atoms with Gasteiger partial charge in [-0.2, -0.15) is 5.10 Å². The van der Waals surface area contributed by atoms with Gasteiger partial charge in [-0.05, 0) is 19.1 Å². The fourth-order valence-corrected chi connectivity index (χ4v) is 1.69. The van der Waals surface area contributed by atoms with Crippen molar-refractivity contribution in [2.45, 2.75) is 13.3 Å². The molecule has 2 rings (SSSR count). The first kappa shape index (κ1) is 12.2. The second-order valence-electron chi connectivity index (χ2n) is 3.88. The zero-order chi connectivity index (χ0) is 13.0. The molecule has 1 heterocycles. The number of hydrogen-bond donors (Lipinski definition) is 3. The Morgan fingerprint density at radius 1 is 1.56 bits per heavy atom. The first-order chi connectivity index (χ1) is 8.70. The average molecular weight is 248 g/mol. The molecule has 0 fully saturated rings. The zero-order valence-corrected chi connectivity index (χ0v) is 10.2. The van der Waals surface area contributed by atoms with Gasteiger partial charge in [0.15, 0.2) is 0 Å². The van der Waals surface area contributed by atoms with Crippen molar-refractivity contribution in [3.63, 3.8) is 0 Å². The fourth-order valence-electron chi connectivity index (χ4n) is 1.69. The number of H-pyrrole nitrogens is 1. The standard InChI is InChI=1S/C12H16N4O2/c1-2-18-12(17)3-4-14-11-6-10-8(5-9(11)13)7-15-16-10/h5-7,14H,2-4,13H2,1H3,(H,15,16). The van der Waals surface area contributed by atoms with Crippen molar-refractivity contribution in [3.8, 4) is 0 Å². The van der Waals surface area contributed by atoms with Gasteiger partial charge in [0.2, 0.25) is 0 Å². The summed E-state index contributed by atoms with van der Waals surface area (Å²) in [6, 6.07) is 3.72. The van der Waals surface area contributed by atoms with E-state index in [4.69, 9.17) is 10.5 Å². The van der Waals surface area contributed by atoms with Crippen LogP contribution in [0.4, 0.5) is 11.4 Å². The van der Waals surface area contributed by atoms with Crippen LogP contribution >= 0.6 is 0 Å². The van der Waals surface area contributed by atoms with E-state index in [0.717, 1.165) is 16.6 Å². The summed E-state index contributed by atoms with van der Waals surface area (Å²) in [6.45, 7) is 2.68. The Hall–Kier alpha value is -2.24. The number of anilines is 2. The molecule has 0 spiro atoms. The number of aromatic amines is 1. The molecule has 6 nitrogen and oxygen atoms in total. The first-order valence-corrected chi connectivity index (χ1v) is 5.82. The Kier molecular flexibility index (Phi) is 3.66. The molecule has 0 aliphatic rings. The molecule has 2 aromatic rings. The number of ether oxygens (including phenoxy) is 1. The van der Waals surface area contributed by atoms with E-state index in [0.29, 0.717) is 25.3 Å². The third-order valence-corrected chi connectivity index (χ3v) is 2.56. The minimum absolute atomic E-state index is 0.216. The van der Waals surface area contributed by atoms with Crippen LogP contribution in [-0.4, -0.2) is 29.3 Å². The summed E-state index contributed by atoms with van der Waals surface area (Å²) in [6.07, 6.45) is 2.03. The van der Waals surface area contributed by atoms with Crippen molar-refractivity contribution in [1.82, 2.24) is 10.2 Å². The number of fused-ring (bicyclic) bond motifs is 1. The van der Waals surface area contributed by atoms with Gasteiger partial charge in [0.1, 0.15) is 0 Å². The maximum atomic E-state index is 11.2. The minimum atomic E-state index is -0.216. The first-order valence-electron chi connectivity index (χ1n) is 5.82. The van der Waals surface area contributed by atoms with Crippen molar-refractivity contribution in [2.24, 2.45) is 0 Å². The van der Waals surface area contributed by atoms with Crippen molar-refractivity contribution in [2.75, 3.05) is 24.2 Å². The summed E-state index contributed by atoms with van der Waals surface area (Å²) >= 11 is 0. The summed E-state index contributed by atoms with van der Waals surface area (Å²) in [5.41, 5.74) is 8.23. The van der Waals surface area contributed by atoms with E-state index in [-0.39, 0.29) is 5.97 Å². The minimum Gasteiger partial charge on any atom is -0.466 e. The number of hydrogen-bond acceptors (Lipinski definition) is 5. The third-order valence-electron chi connectivity index (χ3n) is 2.56. The highest BCUT2D eigenvalue weighted by atomic mass is 16.5. The molecule has 0 unspecified atom stereocenters. The molecule has 0 amide bonds. The average Bonchev–Trinajstić information content (AvgIpc) is 2.76. The van der Waals surface area contributed by atoms with Crippen LogP contribution in [0.5, 0.6) is 0 Å². The van der Waals surface area contributed by atoms with E-state index < -0.39 is 0 Å². The van der Waals surface area contributed by atoms with Crippen LogP contribution in [0.2, 0.25) is 0 Å². The van der Waals surface area contributed by atoms with Crippen LogP contribution < -0.4 is 11.1 Å². The van der Waals surface area contributed by atoms with Crippen LogP contribution in [0.3, 0.4) is 0 Å². The van der Waals surface area contributed by atoms with Crippen molar-refractivity contribution < 1.29 is 9.53 Å². The normalized spacial score (nSPS) is 10.5. The lowest BCUT2D eigenvalue weighted by Crippen LogP contribution is -2.12. The maximum Gasteiger partial charge on any atom is 0.307 e. The van der Waals surface area contributed by atoms with Crippen molar-refractivity contribution >= 4 is 28.2 Å². The largest absolute Gasteiger partial charge is 0.466 e. The van der Waals surface area contributed by atoms with Crippen LogP contribution in [0.15, 0.2) is 18.3 Å². The predicted octanol–water partition coefficient (Wildman–Crippen LogP) is 1.51. The van der Waals surface area contributed by atoms with Crippen LogP contribution in [0.1, 0.15) is 13.3 Å². The van der Waals surface area contributed by atoms with E-state index in [1.165, 1.54) is 0 Å². The zero-order valence-electron chi connectivity index (χ0n) is 10.2. The maximum absolute atomic E-state index is 11.2. The third kappa shape index (κ3) is 2.71. The highest BCUT2D eigenvalue weighted by molar-refractivity contribution is 5.88. The summed E-state index contributed by atoms with van der Waals surface area (Å²) in [4.78, 5) is 11.2. The number of carbonyl (C=O) groups is 1. The fraction of sp³-hybridized carbons (Fsp3) is 0.333. The Bertz CT molecular complexity index is 550. The molecule has 0 aliphatic heterocycles. The monoisotopic (exact) mass is 248 g/mol. The number of nitrogens with one attached hydrogen (secondary N) is 2. The van der Waals surface area contributed by atoms with Crippen LogP contribution in [-0.2, 0) is 9.53 Å². The lowest BCUT2D eigenvalue weighted by molar-refractivity contribution is -0.142. The van der Waals surface area contributed by atoms with Crippen molar-refractivity contribution in [3.05, 3.63) is 18.3 Å².